The van der Waals surface area contributed by atoms with Gasteiger partial charge in [-0.2, -0.15) is 0 Å². The van der Waals surface area contributed by atoms with Gasteiger partial charge in [-0.05, 0) is 52.1 Å². The molecule has 0 rings (SSSR count). The molecule has 4 nitrogen and oxygen atoms in total. The number of alkyl halides is 1. The van der Waals surface area contributed by atoms with E-state index >= 15 is 0 Å². The first kappa shape index (κ1) is 22.9. The highest BCUT2D eigenvalue weighted by molar-refractivity contribution is 9.10. The van der Waals surface area contributed by atoms with Crippen molar-refractivity contribution in [3.8, 4) is 0 Å². The average Bonchev–Trinajstić information content (AvgIpc) is 2.33. The Morgan fingerprint density at radius 1 is 0.826 bits per heavy atom. The molecule has 1 unspecified atom stereocenters. The first-order valence-corrected chi connectivity index (χ1v) is 16.2. The Morgan fingerprint density at radius 3 is 1.83 bits per heavy atom. The molecule has 0 amide bonds. The zero-order chi connectivity index (χ0) is 18.1. The summed E-state index contributed by atoms with van der Waals surface area (Å²) in [6.07, 6.45) is 6.41. The molecule has 23 heavy (non-hydrogen) atoms. The van der Waals surface area contributed by atoms with Crippen LogP contribution in [0.15, 0.2) is 0 Å². The number of carbonyl (C=O) groups excluding carboxylic acids is 2. The van der Waals surface area contributed by atoms with E-state index in [0.717, 1.165) is 38.5 Å². The van der Waals surface area contributed by atoms with E-state index in [4.69, 9.17) is 8.85 Å². The molecule has 0 aliphatic rings. The van der Waals surface area contributed by atoms with Crippen molar-refractivity contribution in [1.29, 1.82) is 0 Å². The Bertz CT molecular complexity index is 375. The molecule has 0 saturated carbocycles. The molecule has 0 fully saturated rings. The maximum Gasteiger partial charge on any atom is 0.306 e. The lowest BCUT2D eigenvalue weighted by Gasteiger charge is -2.19. The molecule has 0 aromatic heterocycles. The summed E-state index contributed by atoms with van der Waals surface area (Å²) in [7, 11) is -3.53. The summed E-state index contributed by atoms with van der Waals surface area (Å²) in [6, 6.07) is 0. The van der Waals surface area contributed by atoms with Gasteiger partial charge in [0, 0.05) is 6.42 Å². The third-order valence-electron chi connectivity index (χ3n) is 2.92. The second kappa shape index (κ2) is 10.7. The van der Waals surface area contributed by atoms with Gasteiger partial charge in [-0.1, -0.05) is 41.6 Å². The number of unbranched alkanes of at least 4 members (excludes halogenated alkanes) is 4. The van der Waals surface area contributed by atoms with Crippen molar-refractivity contribution in [3.05, 3.63) is 0 Å². The lowest BCUT2D eigenvalue weighted by molar-refractivity contribution is -0.136. The lowest BCUT2D eigenvalue weighted by Crippen LogP contribution is -2.33. The highest BCUT2D eigenvalue weighted by atomic mass is 79.9. The van der Waals surface area contributed by atoms with Gasteiger partial charge in [0.05, 0.1) is 0 Å². The summed E-state index contributed by atoms with van der Waals surface area (Å²) < 4.78 is 10.9. The van der Waals surface area contributed by atoms with E-state index in [9.17, 15) is 9.59 Å². The molecule has 0 N–H and O–H groups in total. The summed E-state index contributed by atoms with van der Waals surface area (Å²) in [5, 5.41) is 0. The van der Waals surface area contributed by atoms with Crippen molar-refractivity contribution in [3.63, 3.8) is 0 Å². The third kappa shape index (κ3) is 15.1. The lowest BCUT2D eigenvalue weighted by atomic mass is 10.1. The van der Waals surface area contributed by atoms with Gasteiger partial charge >= 0.3 is 5.97 Å². The molecular weight excluding hydrogens is 392 g/mol. The molecule has 0 saturated heterocycles. The topological polar surface area (TPSA) is 52.6 Å². The van der Waals surface area contributed by atoms with Gasteiger partial charge < -0.3 is 8.85 Å². The van der Waals surface area contributed by atoms with Crippen molar-refractivity contribution in [2.75, 3.05) is 0 Å². The van der Waals surface area contributed by atoms with Crippen molar-refractivity contribution in [1.82, 2.24) is 0 Å². The number of rotatable bonds is 11. The fourth-order valence-electron chi connectivity index (χ4n) is 2.00. The molecule has 0 heterocycles. The van der Waals surface area contributed by atoms with Gasteiger partial charge in [0.25, 0.3) is 5.97 Å². The first-order valence-electron chi connectivity index (χ1n) is 8.49. The minimum absolute atomic E-state index is 0.0567. The predicted octanol–water partition coefficient (Wildman–Crippen LogP) is 5.24. The van der Waals surface area contributed by atoms with Crippen LogP contribution >= 0.6 is 15.9 Å². The number of hydrogen-bond acceptors (Lipinski definition) is 4. The van der Waals surface area contributed by atoms with Crippen LogP contribution in [-0.2, 0) is 18.4 Å². The summed E-state index contributed by atoms with van der Waals surface area (Å²) in [6.45, 7) is 12.1. The monoisotopic (exact) mass is 424 g/mol. The Hall–Kier alpha value is -0.146. The quantitative estimate of drug-likeness (QED) is 0.258. The fourth-order valence-corrected chi connectivity index (χ4v) is 4.12. The molecule has 0 aliphatic heterocycles. The van der Waals surface area contributed by atoms with Crippen LogP contribution in [0.1, 0.15) is 44.9 Å². The summed E-state index contributed by atoms with van der Waals surface area (Å²) >= 11 is 3.42. The maximum absolute atomic E-state index is 11.8. The highest BCUT2D eigenvalue weighted by Crippen LogP contribution is 2.17. The van der Waals surface area contributed by atoms with E-state index in [1.54, 1.807) is 0 Å². The van der Waals surface area contributed by atoms with E-state index in [0.29, 0.717) is 6.42 Å². The van der Waals surface area contributed by atoms with Crippen LogP contribution < -0.4 is 0 Å². The molecule has 0 aromatic carbocycles. The molecule has 0 bridgehead atoms. The van der Waals surface area contributed by atoms with Crippen molar-refractivity contribution < 1.29 is 18.4 Å². The van der Waals surface area contributed by atoms with E-state index in [2.05, 4.69) is 15.9 Å². The Labute approximate surface area is 152 Å². The van der Waals surface area contributed by atoms with Gasteiger partial charge in [-0.25, -0.2) is 0 Å². The smallest absolute Gasteiger partial charge is 0.306 e. The number of halogens is 1. The average molecular weight is 426 g/mol. The third-order valence-corrected chi connectivity index (χ3v) is 5.41. The molecule has 1 atom stereocenters. The van der Waals surface area contributed by atoms with Crippen molar-refractivity contribution >= 4 is 44.5 Å². The highest BCUT2D eigenvalue weighted by Gasteiger charge is 2.24. The van der Waals surface area contributed by atoms with Crippen LogP contribution in [0.4, 0.5) is 0 Å². The zero-order valence-electron chi connectivity index (χ0n) is 15.5. The van der Waals surface area contributed by atoms with Crippen LogP contribution in [-0.4, -0.2) is 33.4 Å². The summed E-state index contributed by atoms with van der Waals surface area (Å²) in [5.74, 6) is -0.183. The Balaban J connectivity index is 3.63. The van der Waals surface area contributed by atoms with Gasteiger partial charge in [0.15, 0.2) is 0 Å². The van der Waals surface area contributed by atoms with Crippen LogP contribution in [0.5, 0.6) is 0 Å². The minimum Gasteiger partial charge on any atom is -0.520 e. The van der Waals surface area contributed by atoms with E-state index < -0.39 is 16.6 Å². The zero-order valence-corrected chi connectivity index (χ0v) is 19.1. The van der Waals surface area contributed by atoms with Crippen molar-refractivity contribution in [2.24, 2.45) is 0 Å². The van der Waals surface area contributed by atoms with Gasteiger partial charge in [0.2, 0.25) is 16.6 Å². The van der Waals surface area contributed by atoms with Crippen LogP contribution in [0.3, 0.4) is 0 Å². The van der Waals surface area contributed by atoms with E-state index in [1.807, 2.05) is 39.3 Å². The predicted molar refractivity (Wildman–Crippen MR) is 104 cm³/mol. The fraction of sp³-hybridized carbons (Fsp3) is 0.875. The molecule has 0 aliphatic carbocycles. The molecule has 0 radical (unpaired) electrons. The molecule has 0 aromatic rings. The summed E-state index contributed by atoms with van der Waals surface area (Å²) in [5.41, 5.74) is 0. The number of hydrogen-bond donors (Lipinski definition) is 0. The normalized spacial score (nSPS) is 13.5. The SMILES string of the molecule is C[Si](C)(C)OC(=O)CCCCCCCC(Br)C(=O)O[Si](C)(C)C. The molecule has 0 spiro atoms. The molecule has 7 heteroatoms. The van der Waals surface area contributed by atoms with Gasteiger partial charge in [-0.15, -0.1) is 0 Å². The van der Waals surface area contributed by atoms with Crippen LogP contribution in [0, 0.1) is 0 Å². The Morgan fingerprint density at radius 2 is 1.30 bits per heavy atom. The standard InChI is InChI=1S/C16H33BrO4Si2/c1-22(2,3)20-15(18)13-11-9-7-8-10-12-14(17)16(19)21-23(4,5)6/h14H,7-13H2,1-6H3. The molecular formula is C16H33BrO4Si2. The van der Waals surface area contributed by atoms with Crippen molar-refractivity contribution in [2.45, 2.75) is 89.1 Å². The number of carbonyl (C=O) groups is 2. The second-order valence-corrected chi connectivity index (χ2v) is 17.9. The van der Waals surface area contributed by atoms with Gasteiger partial charge in [-0.3, -0.25) is 9.59 Å². The van der Waals surface area contributed by atoms with Gasteiger partial charge in [0.1, 0.15) is 4.83 Å². The minimum atomic E-state index is -1.80. The summed E-state index contributed by atoms with van der Waals surface area (Å²) in [4.78, 5) is 23.2. The first-order chi connectivity index (χ1) is 10.4. The maximum atomic E-state index is 11.8. The second-order valence-electron chi connectivity index (χ2n) is 7.89. The largest absolute Gasteiger partial charge is 0.520 e. The van der Waals surface area contributed by atoms with Crippen LogP contribution in [0.2, 0.25) is 39.3 Å². The van der Waals surface area contributed by atoms with Crippen LogP contribution in [0.25, 0.3) is 0 Å². The Kier molecular flexibility index (Phi) is 10.6. The molecule has 136 valence electrons. The van der Waals surface area contributed by atoms with E-state index in [1.165, 1.54) is 0 Å². The van der Waals surface area contributed by atoms with E-state index in [-0.39, 0.29) is 16.8 Å².